The fourth-order valence-electron chi connectivity index (χ4n) is 5.35. The third kappa shape index (κ3) is 4.26. The largest absolute Gasteiger partial charge is 0.299 e. The Kier molecular flexibility index (Phi) is 6.38. The van der Waals surface area contributed by atoms with Gasteiger partial charge in [0.2, 0.25) is 7.29 Å². The summed E-state index contributed by atoms with van der Waals surface area (Å²) in [6, 6.07) is 29.4. The van der Waals surface area contributed by atoms with E-state index in [4.69, 9.17) is 0 Å². The third-order valence-electron chi connectivity index (χ3n) is 7.11. The summed E-state index contributed by atoms with van der Waals surface area (Å²) >= 11 is 0. The molecule has 5 rings (SSSR count). The van der Waals surface area contributed by atoms with E-state index in [9.17, 15) is 0 Å². The number of hydrogen-bond acceptors (Lipinski definition) is 2. The van der Waals surface area contributed by atoms with Gasteiger partial charge in [0.05, 0.1) is 0 Å². The standard InChI is InChI=1S/C29H33N2OP/c1-22(2)27(31-19-7-8-20-31)21-30-33(32,28-17-9-13-23-11-3-5-15-25(23)28)29-18-10-14-24-12-4-6-16-26(24)29/h3-6,9-18,22,27H,7-8,19-21H2,1-2H3,(H,30,32)/t27-/m1/s1. The molecule has 0 unspecified atom stereocenters. The highest BCUT2D eigenvalue weighted by Crippen LogP contribution is 2.43. The molecule has 0 bridgehead atoms. The number of benzene rings is 4. The second-order valence-electron chi connectivity index (χ2n) is 9.52. The van der Waals surface area contributed by atoms with Gasteiger partial charge in [-0.25, -0.2) is 0 Å². The smallest absolute Gasteiger partial charge is 0.205 e. The highest BCUT2D eigenvalue weighted by Gasteiger charge is 2.33. The summed E-state index contributed by atoms with van der Waals surface area (Å²) in [6.45, 7) is 7.55. The van der Waals surface area contributed by atoms with Crippen LogP contribution in [0, 0.1) is 5.92 Å². The van der Waals surface area contributed by atoms with Crippen LogP contribution >= 0.6 is 7.29 Å². The van der Waals surface area contributed by atoms with Crippen LogP contribution in [0.2, 0.25) is 0 Å². The zero-order valence-electron chi connectivity index (χ0n) is 19.6. The molecule has 1 aliphatic rings. The van der Waals surface area contributed by atoms with Crippen LogP contribution in [-0.4, -0.2) is 30.6 Å². The molecule has 4 heteroatoms. The van der Waals surface area contributed by atoms with Crippen molar-refractivity contribution in [1.29, 1.82) is 0 Å². The lowest BCUT2D eigenvalue weighted by molar-refractivity contribution is 0.193. The Morgan fingerprint density at radius 3 is 1.76 bits per heavy atom. The highest BCUT2D eigenvalue weighted by molar-refractivity contribution is 7.77. The lowest BCUT2D eigenvalue weighted by Gasteiger charge is -2.33. The van der Waals surface area contributed by atoms with Crippen LogP contribution in [0.3, 0.4) is 0 Å². The quantitative estimate of drug-likeness (QED) is 0.350. The molecule has 1 heterocycles. The Morgan fingerprint density at radius 2 is 1.24 bits per heavy atom. The van der Waals surface area contributed by atoms with Crippen molar-refractivity contribution in [2.24, 2.45) is 5.92 Å². The third-order valence-corrected chi connectivity index (χ3v) is 9.88. The molecule has 1 fully saturated rings. The van der Waals surface area contributed by atoms with E-state index >= 15 is 4.57 Å². The van der Waals surface area contributed by atoms with Gasteiger partial charge >= 0.3 is 0 Å². The van der Waals surface area contributed by atoms with Crippen LogP contribution in [0.4, 0.5) is 0 Å². The van der Waals surface area contributed by atoms with Crippen LogP contribution < -0.4 is 15.7 Å². The maximum Gasteiger partial charge on any atom is 0.205 e. The molecule has 1 aliphatic heterocycles. The van der Waals surface area contributed by atoms with Gasteiger partial charge in [-0.1, -0.05) is 86.6 Å². The fraction of sp³-hybridized carbons (Fsp3) is 0.310. The minimum atomic E-state index is -3.13. The Morgan fingerprint density at radius 1 is 0.758 bits per heavy atom. The first-order valence-corrected chi connectivity index (χ1v) is 13.8. The molecule has 0 saturated carbocycles. The number of rotatable bonds is 7. The van der Waals surface area contributed by atoms with Gasteiger partial charge in [-0.15, -0.1) is 0 Å². The summed E-state index contributed by atoms with van der Waals surface area (Å²) in [5.74, 6) is 0.490. The van der Waals surface area contributed by atoms with E-state index in [-0.39, 0.29) is 0 Å². The van der Waals surface area contributed by atoms with Crippen molar-refractivity contribution in [3.8, 4) is 0 Å². The summed E-state index contributed by atoms with van der Waals surface area (Å²) in [5.41, 5.74) is 0. The maximum atomic E-state index is 15.3. The second kappa shape index (κ2) is 9.43. The zero-order chi connectivity index (χ0) is 22.8. The van der Waals surface area contributed by atoms with E-state index in [1.807, 2.05) is 36.4 Å². The summed E-state index contributed by atoms with van der Waals surface area (Å²) < 4.78 is 15.3. The van der Waals surface area contributed by atoms with E-state index in [1.54, 1.807) is 0 Å². The van der Waals surface area contributed by atoms with Gasteiger partial charge < -0.3 is 0 Å². The van der Waals surface area contributed by atoms with E-state index in [0.717, 1.165) is 45.2 Å². The van der Waals surface area contributed by atoms with Crippen molar-refractivity contribution in [3.63, 3.8) is 0 Å². The Labute approximate surface area is 197 Å². The van der Waals surface area contributed by atoms with E-state index in [2.05, 4.69) is 72.4 Å². The molecule has 0 spiro atoms. The first-order chi connectivity index (χ1) is 16.1. The van der Waals surface area contributed by atoms with Gasteiger partial charge in [0.15, 0.2) is 0 Å². The van der Waals surface area contributed by atoms with Gasteiger partial charge in [0, 0.05) is 23.2 Å². The predicted molar refractivity (Wildman–Crippen MR) is 142 cm³/mol. The average molecular weight is 457 g/mol. The molecule has 170 valence electrons. The molecule has 33 heavy (non-hydrogen) atoms. The van der Waals surface area contributed by atoms with Crippen LogP contribution in [0.1, 0.15) is 26.7 Å². The average Bonchev–Trinajstić information content (AvgIpc) is 3.37. The Hall–Kier alpha value is -2.45. The first-order valence-electron chi connectivity index (χ1n) is 12.1. The molecule has 3 nitrogen and oxygen atoms in total. The summed E-state index contributed by atoms with van der Waals surface area (Å²) in [7, 11) is -3.13. The number of likely N-dealkylation sites (tertiary alicyclic amines) is 1. The maximum absolute atomic E-state index is 15.3. The zero-order valence-corrected chi connectivity index (χ0v) is 20.5. The van der Waals surface area contributed by atoms with Crippen molar-refractivity contribution in [2.75, 3.05) is 19.6 Å². The van der Waals surface area contributed by atoms with Gasteiger partial charge in [-0.3, -0.25) is 14.6 Å². The predicted octanol–water partition coefficient (Wildman–Crippen LogP) is 5.93. The number of hydrogen-bond donors (Lipinski definition) is 1. The van der Waals surface area contributed by atoms with Crippen LogP contribution in [0.5, 0.6) is 0 Å². The van der Waals surface area contributed by atoms with E-state index in [0.29, 0.717) is 18.5 Å². The number of nitrogens with zero attached hydrogens (tertiary/aromatic N) is 1. The van der Waals surface area contributed by atoms with Crippen molar-refractivity contribution in [3.05, 3.63) is 84.9 Å². The van der Waals surface area contributed by atoms with E-state index in [1.165, 1.54) is 12.8 Å². The lowest BCUT2D eigenvalue weighted by atomic mass is 10.0. The molecule has 4 aromatic rings. The lowest BCUT2D eigenvalue weighted by Crippen LogP contribution is -2.45. The normalized spacial score (nSPS) is 16.1. The molecule has 0 aliphatic carbocycles. The SMILES string of the molecule is CC(C)[C@@H](CNP(=O)(c1cccc2ccccc12)c1cccc2ccccc12)N1CCCC1. The molecular weight excluding hydrogens is 423 g/mol. The number of fused-ring (bicyclic) bond motifs is 2. The first kappa shape index (κ1) is 22.3. The summed E-state index contributed by atoms with van der Waals surface area (Å²) in [6.07, 6.45) is 2.51. The van der Waals surface area contributed by atoms with Crippen molar-refractivity contribution >= 4 is 39.4 Å². The minimum Gasteiger partial charge on any atom is -0.299 e. The molecule has 4 aromatic carbocycles. The summed E-state index contributed by atoms with van der Waals surface area (Å²) in [5, 5.41) is 9.86. The number of nitrogens with one attached hydrogen (secondary N) is 1. The Bertz CT molecular complexity index is 1220. The second-order valence-corrected chi connectivity index (χ2v) is 12.0. The highest BCUT2D eigenvalue weighted by atomic mass is 31.2. The van der Waals surface area contributed by atoms with E-state index < -0.39 is 7.29 Å². The van der Waals surface area contributed by atoms with Crippen molar-refractivity contribution in [2.45, 2.75) is 32.7 Å². The van der Waals surface area contributed by atoms with Crippen LogP contribution in [0.25, 0.3) is 21.5 Å². The topological polar surface area (TPSA) is 32.3 Å². The van der Waals surface area contributed by atoms with Crippen LogP contribution in [0.15, 0.2) is 84.9 Å². The monoisotopic (exact) mass is 456 g/mol. The molecule has 0 radical (unpaired) electrons. The van der Waals surface area contributed by atoms with Gasteiger partial charge in [-0.05, 0) is 65.5 Å². The van der Waals surface area contributed by atoms with Crippen LogP contribution in [-0.2, 0) is 4.57 Å². The summed E-state index contributed by atoms with van der Waals surface area (Å²) in [4.78, 5) is 2.58. The van der Waals surface area contributed by atoms with Crippen molar-refractivity contribution in [1.82, 2.24) is 9.99 Å². The minimum absolute atomic E-state index is 0.366. The van der Waals surface area contributed by atoms with Crippen molar-refractivity contribution < 1.29 is 4.57 Å². The van der Waals surface area contributed by atoms with Gasteiger partial charge in [0.25, 0.3) is 0 Å². The molecule has 0 aromatic heterocycles. The molecule has 0 amide bonds. The molecular formula is C29H33N2OP. The van der Waals surface area contributed by atoms with Gasteiger partial charge in [0.1, 0.15) is 0 Å². The van der Waals surface area contributed by atoms with Gasteiger partial charge in [-0.2, -0.15) is 0 Å². The Balaban J connectivity index is 1.66. The molecule has 1 atom stereocenters. The molecule has 1 saturated heterocycles. The molecule has 1 N–H and O–H groups in total. The fourth-order valence-corrected chi connectivity index (χ4v) is 8.07.